The second-order valence-electron chi connectivity index (χ2n) is 5.40. The van der Waals surface area contributed by atoms with Gasteiger partial charge in [-0.15, -0.1) is 0 Å². The highest BCUT2D eigenvalue weighted by molar-refractivity contribution is 5.85. The quantitative estimate of drug-likeness (QED) is 0.869. The first-order chi connectivity index (χ1) is 10.6. The highest BCUT2D eigenvalue weighted by Gasteiger charge is 2.20. The number of piperazine rings is 1. The summed E-state index contributed by atoms with van der Waals surface area (Å²) in [5.74, 6) is -0.704. The molecule has 1 N–H and O–H groups in total. The Morgan fingerprint density at radius 1 is 1.23 bits per heavy atom. The van der Waals surface area contributed by atoms with Gasteiger partial charge in [-0.25, -0.2) is 4.39 Å². The maximum Gasteiger partial charge on any atom is 0.242 e. The lowest BCUT2D eigenvalue weighted by Crippen LogP contribution is -2.51. The number of hydrogen-bond donors (Lipinski definition) is 1. The fourth-order valence-electron chi connectivity index (χ4n) is 2.49. The second kappa shape index (κ2) is 7.89. The summed E-state index contributed by atoms with van der Waals surface area (Å²) in [6, 6.07) is 5.91. The van der Waals surface area contributed by atoms with Crippen LogP contribution >= 0.6 is 0 Å². The van der Waals surface area contributed by atoms with E-state index in [1.165, 1.54) is 12.1 Å². The maximum absolute atomic E-state index is 13.0. The molecule has 1 fully saturated rings. The van der Waals surface area contributed by atoms with Crippen molar-refractivity contribution in [2.24, 2.45) is 0 Å². The average molecular weight is 307 g/mol. The van der Waals surface area contributed by atoms with Gasteiger partial charge in [0, 0.05) is 26.2 Å². The van der Waals surface area contributed by atoms with Crippen LogP contribution in [-0.2, 0) is 16.0 Å². The Balaban J connectivity index is 1.73. The van der Waals surface area contributed by atoms with Crippen molar-refractivity contribution < 1.29 is 14.0 Å². The van der Waals surface area contributed by atoms with Crippen LogP contribution in [0.1, 0.15) is 12.5 Å². The predicted molar refractivity (Wildman–Crippen MR) is 81.8 cm³/mol. The number of carbonyl (C=O) groups is 2. The molecule has 0 aromatic heterocycles. The molecule has 0 bridgehead atoms. The average Bonchev–Trinajstić information content (AvgIpc) is 2.52. The van der Waals surface area contributed by atoms with E-state index in [9.17, 15) is 14.0 Å². The van der Waals surface area contributed by atoms with E-state index in [0.29, 0.717) is 18.7 Å². The van der Waals surface area contributed by atoms with E-state index < -0.39 is 0 Å². The molecule has 6 heteroatoms. The highest BCUT2D eigenvalue weighted by Crippen LogP contribution is 2.04. The largest absolute Gasteiger partial charge is 0.347 e. The van der Waals surface area contributed by atoms with Gasteiger partial charge in [0.2, 0.25) is 11.8 Å². The van der Waals surface area contributed by atoms with Gasteiger partial charge in [0.25, 0.3) is 0 Å². The lowest BCUT2D eigenvalue weighted by atomic mass is 10.1. The molecule has 0 aliphatic carbocycles. The summed E-state index contributed by atoms with van der Waals surface area (Å²) in [4.78, 5) is 27.9. The van der Waals surface area contributed by atoms with Gasteiger partial charge in [0.05, 0.1) is 13.0 Å². The molecular weight excluding hydrogens is 285 g/mol. The summed E-state index contributed by atoms with van der Waals surface area (Å²) in [6.45, 7) is 6.24. The predicted octanol–water partition coefficient (Wildman–Crippen LogP) is 0.649. The number of halogens is 1. The number of nitrogens with zero attached hydrogens (tertiary/aromatic N) is 2. The van der Waals surface area contributed by atoms with Gasteiger partial charge >= 0.3 is 0 Å². The number of nitrogens with one attached hydrogen (secondary N) is 1. The molecule has 0 atom stereocenters. The third kappa shape index (κ3) is 4.80. The molecule has 0 saturated carbocycles. The van der Waals surface area contributed by atoms with Crippen molar-refractivity contribution >= 4 is 11.8 Å². The van der Waals surface area contributed by atoms with Crippen LogP contribution in [0.3, 0.4) is 0 Å². The SMILES string of the molecule is CCN1CCN(C(=O)CNC(=O)Cc2cccc(F)c2)CC1. The summed E-state index contributed by atoms with van der Waals surface area (Å²) in [5, 5.41) is 2.61. The third-order valence-electron chi connectivity index (χ3n) is 3.86. The minimum atomic E-state index is -0.366. The van der Waals surface area contributed by atoms with Gasteiger partial charge in [-0.1, -0.05) is 19.1 Å². The Bertz CT molecular complexity index is 528. The lowest BCUT2D eigenvalue weighted by molar-refractivity contribution is -0.134. The Hall–Kier alpha value is -1.95. The Morgan fingerprint density at radius 3 is 2.59 bits per heavy atom. The third-order valence-corrected chi connectivity index (χ3v) is 3.86. The normalized spacial score (nSPS) is 15.6. The molecule has 1 aromatic carbocycles. The van der Waals surface area contributed by atoms with Crippen molar-refractivity contribution in [3.63, 3.8) is 0 Å². The van der Waals surface area contributed by atoms with Gasteiger partial charge in [-0.3, -0.25) is 9.59 Å². The van der Waals surface area contributed by atoms with Gasteiger partial charge in [0.1, 0.15) is 5.82 Å². The van der Waals surface area contributed by atoms with E-state index in [0.717, 1.165) is 19.6 Å². The van der Waals surface area contributed by atoms with Crippen molar-refractivity contribution in [3.8, 4) is 0 Å². The molecule has 1 heterocycles. The van der Waals surface area contributed by atoms with E-state index in [1.807, 2.05) is 0 Å². The van der Waals surface area contributed by atoms with Crippen LogP contribution in [0.5, 0.6) is 0 Å². The summed E-state index contributed by atoms with van der Waals surface area (Å²) in [6.07, 6.45) is 0.0780. The van der Waals surface area contributed by atoms with Crippen LogP contribution in [0, 0.1) is 5.82 Å². The van der Waals surface area contributed by atoms with Gasteiger partial charge in [0.15, 0.2) is 0 Å². The Labute approximate surface area is 130 Å². The molecule has 1 aliphatic rings. The number of hydrogen-bond acceptors (Lipinski definition) is 3. The summed E-state index contributed by atoms with van der Waals surface area (Å²) < 4.78 is 13.0. The first kappa shape index (κ1) is 16.4. The van der Waals surface area contributed by atoms with E-state index in [4.69, 9.17) is 0 Å². The van der Waals surface area contributed by atoms with Crippen LogP contribution in [0.2, 0.25) is 0 Å². The topological polar surface area (TPSA) is 52.6 Å². The smallest absolute Gasteiger partial charge is 0.242 e. The van der Waals surface area contributed by atoms with Crippen molar-refractivity contribution in [2.45, 2.75) is 13.3 Å². The molecule has 1 aromatic rings. The fraction of sp³-hybridized carbons (Fsp3) is 0.500. The first-order valence-corrected chi connectivity index (χ1v) is 7.59. The molecule has 22 heavy (non-hydrogen) atoms. The molecular formula is C16H22FN3O2. The minimum absolute atomic E-state index is 0.000272. The zero-order chi connectivity index (χ0) is 15.9. The molecule has 0 unspecified atom stereocenters. The molecule has 2 rings (SSSR count). The zero-order valence-electron chi connectivity index (χ0n) is 12.8. The molecule has 120 valence electrons. The fourth-order valence-corrected chi connectivity index (χ4v) is 2.49. The maximum atomic E-state index is 13.0. The summed E-state index contributed by atoms with van der Waals surface area (Å²) in [5.41, 5.74) is 0.599. The standard InChI is InChI=1S/C16H22FN3O2/c1-2-19-6-8-20(9-7-19)16(22)12-18-15(21)11-13-4-3-5-14(17)10-13/h3-5,10H,2,6-9,11-12H2,1H3,(H,18,21). The van der Waals surface area contributed by atoms with Crippen LogP contribution in [0.25, 0.3) is 0 Å². The molecule has 0 spiro atoms. The van der Waals surface area contributed by atoms with Crippen LogP contribution in [0.15, 0.2) is 24.3 Å². The Morgan fingerprint density at radius 2 is 1.95 bits per heavy atom. The van der Waals surface area contributed by atoms with E-state index in [-0.39, 0.29) is 30.6 Å². The van der Waals surface area contributed by atoms with Crippen LogP contribution < -0.4 is 5.32 Å². The van der Waals surface area contributed by atoms with Crippen molar-refractivity contribution in [2.75, 3.05) is 39.3 Å². The molecule has 1 aliphatic heterocycles. The molecule has 1 saturated heterocycles. The van der Waals surface area contributed by atoms with Crippen LogP contribution in [0.4, 0.5) is 4.39 Å². The molecule has 2 amide bonds. The van der Waals surface area contributed by atoms with Crippen LogP contribution in [-0.4, -0.2) is 60.9 Å². The number of amides is 2. The number of carbonyl (C=O) groups excluding carboxylic acids is 2. The number of benzene rings is 1. The van der Waals surface area contributed by atoms with Gasteiger partial charge in [-0.2, -0.15) is 0 Å². The van der Waals surface area contributed by atoms with Gasteiger partial charge < -0.3 is 15.1 Å². The zero-order valence-corrected chi connectivity index (χ0v) is 12.8. The number of rotatable bonds is 5. The van der Waals surface area contributed by atoms with Crippen molar-refractivity contribution in [1.82, 2.24) is 15.1 Å². The molecule has 0 radical (unpaired) electrons. The number of likely N-dealkylation sites (N-methyl/N-ethyl adjacent to an activating group) is 1. The second-order valence-corrected chi connectivity index (χ2v) is 5.40. The van der Waals surface area contributed by atoms with E-state index in [1.54, 1.807) is 17.0 Å². The van der Waals surface area contributed by atoms with E-state index in [2.05, 4.69) is 17.1 Å². The first-order valence-electron chi connectivity index (χ1n) is 7.59. The van der Waals surface area contributed by atoms with Gasteiger partial charge in [-0.05, 0) is 24.2 Å². The summed E-state index contributed by atoms with van der Waals surface area (Å²) in [7, 11) is 0. The lowest BCUT2D eigenvalue weighted by Gasteiger charge is -2.34. The minimum Gasteiger partial charge on any atom is -0.347 e. The monoisotopic (exact) mass is 307 g/mol. The van der Waals surface area contributed by atoms with Crippen molar-refractivity contribution in [1.29, 1.82) is 0 Å². The highest BCUT2D eigenvalue weighted by atomic mass is 19.1. The Kier molecular flexibility index (Phi) is 5.89. The van der Waals surface area contributed by atoms with E-state index >= 15 is 0 Å². The summed E-state index contributed by atoms with van der Waals surface area (Å²) >= 11 is 0. The molecule has 5 nitrogen and oxygen atoms in total. The van der Waals surface area contributed by atoms with Crippen molar-refractivity contribution in [3.05, 3.63) is 35.6 Å².